The average molecular weight is 237 g/mol. The second kappa shape index (κ2) is 7.12. The summed E-state index contributed by atoms with van der Waals surface area (Å²) in [5.41, 5.74) is 6.36. The first-order valence-electron chi connectivity index (χ1n) is 6.39. The minimum absolute atomic E-state index is 0.0210. The first-order chi connectivity index (χ1) is 8.22. The van der Waals surface area contributed by atoms with Crippen molar-refractivity contribution in [3.05, 3.63) is 24.0 Å². The van der Waals surface area contributed by atoms with Crippen molar-refractivity contribution in [2.75, 3.05) is 6.54 Å². The van der Waals surface area contributed by atoms with E-state index in [2.05, 4.69) is 19.2 Å². The SMILES string of the molecule is CCCC(CN)NC(=O)c1cccn1CCC. The number of nitrogens with one attached hydrogen (secondary N) is 1. The van der Waals surface area contributed by atoms with Crippen LogP contribution in [0.3, 0.4) is 0 Å². The van der Waals surface area contributed by atoms with Crippen molar-refractivity contribution in [1.29, 1.82) is 0 Å². The summed E-state index contributed by atoms with van der Waals surface area (Å²) < 4.78 is 1.98. The predicted octanol–water partition coefficient (Wildman–Crippen LogP) is 1.76. The quantitative estimate of drug-likeness (QED) is 0.759. The van der Waals surface area contributed by atoms with Gasteiger partial charge in [-0.2, -0.15) is 0 Å². The van der Waals surface area contributed by atoms with E-state index in [-0.39, 0.29) is 11.9 Å². The second-order valence-electron chi connectivity index (χ2n) is 4.28. The van der Waals surface area contributed by atoms with E-state index < -0.39 is 0 Å². The Hall–Kier alpha value is -1.29. The molecule has 0 fully saturated rings. The number of carbonyl (C=O) groups is 1. The third-order valence-corrected chi connectivity index (χ3v) is 2.78. The number of hydrogen-bond donors (Lipinski definition) is 2. The molecule has 1 rings (SSSR count). The molecule has 0 radical (unpaired) electrons. The Bertz CT molecular complexity index is 346. The molecule has 1 atom stereocenters. The second-order valence-corrected chi connectivity index (χ2v) is 4.28. The fourth-order valence-electron chi connectivity index (χ4n) is 1.91. The number of rotatable bonds is 7. The summed E-state index contributed by atoms with van der Waals surface area (Å²) in [6, 6.07) is 3.84. The average Bonchev–Trinajstić information content (AvgIpc) is 2.77. The highest BCUT2D eigenvalue weighted by molar-refractivity contribution is 5.92. The maximum absolute atomic E-state index is 12.1. The van der Waals surface area contributed by atoms with Crippen LogP contribution in [0.15, 0.2) is 18.3 Å². The molecule has 0 aliphatic carbocycles. The van der Waals surface area contributed by atoms with Crippen molar-refractivity contribution in [2.45, 2.75) is 45.7 Å². The van der Waals surface area contributed by atoms with Crippen LogP contribution in [0, 0.1) is 0 Å². The largest absolute Gasteiger partial charge is 0.347 e. The van der Waals surface area contributed by atoms with E-state index in [1.165, 1.54) is 0 Å². The number of nitrogens with two attached hydrogens (primary N) is 1. The van der Waals surface area contributed by atoms with Crippen molar-refractivity contribution in [1.82, 2.24) is 9.88 Å². The van der Waals surface area contributed by atoms with Gasteiger partial charge in [0.1, 0.15) is 5.69 Å². The van der Waals surface area contributed by atoms with E-state index in [1.807, 2.05) is 22.9 Å². The van der Waals surface area contributed by atoms with Gasteiger partial charge in [-0.15, -0.1) is 0 Å². The van der Waals surface area contributed by atoms with Crippen LogP contribution >= 0.6 is 0 Å². The molecule has 1 unspecified atom stereocenters. The van der Waals surface area contributed by atoms with Crippen molar-refractivity contribution in [3.63, 3.8) is 0 Å². The number of carbonyl (C=O) groups excluding carboxylic acids is 1. The minimum Gasteiger partial charge on any atom is -0.347 e. The molecule has 0 bridgehead atoms. The summed E-state index contributed by atoms with van der Waals surface area (Å²) >= 11 is 0. The van der Waals surface area contributed by atoms with Gasteiger partial charge in [-0.1, -0.05) is 20.3 Å². The lowest BCUT2D eigenvalue weighted by molar-refractivity contribution is 0.0926. The van der Waals surface area contributed by atoms with Gasteiger partial charge in [0.25, 0.3) is 5.91 Å². The highest BCUT2D eigenvalue weighted by atomic mass is 16.2. The van der Waals surface area contributed by atoms with Crippen LogP contribution in [-0.2, 0) is 6.54 Å². The van der Waals surface area contributed by atoms with E-state index >= 15 is 0 Å². The van der Waals surface area contributed by atoms with Crippen molar-refractivity contribution in [2.24, 2.45) is 5.73 Å². The van der Waals surface area contributed by atoms with E-state index in [9.17, 15) is 4.79 Å². The van der Waals surface area contributed by atoms with Crippen LogP contribution in [0.2, 0.25) is 0 Å². The van der Waals surface area contributed by atoms with E-state index in [1.54, 1.807) is 0 Å². The zero-order valence-corrected chi connectivity index (χ0v) is 10.8. The number of hydrogen-bond acceptors (Lipinski definition) is 2. The van der Waals surface area contributed by atoms with Crippen molar-refractivity contribution in [3.8, 4) is 0 Å². The molecular weight excluding hydrogens is 214 g/mol. The van der Waals surface area contributed by atoms with Crippen LogP contribution in [0.4, 0.5) is 0 Å². The molecule has 0 saturated heterocycles. The Morgan fingerprint density at radius 2 is 2.24 bits per heavy atom. The standard InChI is InChI=1S/C13H23N3O/c1-3-6-11(10-14)15-13(17)12-7-5-9-16(12)8-4-2/h5,7,9,11H,3-4,6,8,10,14H2,1-2H3,(H,15,17). The topological polar surface area (TPSA) is 60.0 Å². The van der Waals surface area contributed by atoms with Crippen molar-refractivity contribution >= 4 is 5.91 Å². The molecule has 0 aromatic carbocycles. The molecule has 3 N–H and O–H groups in total. The lowest BCUT2D eigenvalue weighted by Gasteiger charge is -2.16. The Labute approximate surface area is 103 Å². The van der Waals surface area contributed by atoms with Gasteiger partial charge in [-0.3, -0.25) is 4.79 Å². The fourth-order valence-corrected chi connectivity index (χ4v) is 1.91. The molecule has 1 aromatic rings. The summed E-state index contributed by atoms with van der Waals surface area (Å²) in [5, 5.41) is 2.98. The summed E-state index contributed by atoms with van der Waals surface area (Å²) in [6.45, 7) is 5.56. The maximum atomic E-state index is 12.1. The van der Waals surface area contributed by atoms with E-state index in [4.69, 9.17) is 5.73 Å². The normalized spacial score (nSPS) is 12.4. The summed E-state index contributed by atoms with van der Waals surface area (Å²) in [4.78, 5) is 12.1. The number of nitrogens with zero attached hydrogens (tertiary/aromatic N) is 1. The first kappa shape index (κ1) is 13.8. The molecule has 0 aliphatic rings. The Balaban J connectivity index is 2.64. The highest BCUT2D eigenvalue weighted by Gasteiger charge is 2.14. The monoisotopic (exact) mass is 237 g/mol. The van der Waals surface area contributed by atoms with E-state index in [0.717, 1.165) is 31.5 Å². The van der Waals surface area contributed by atoms with Gasteiger partial charge in [0, 0.05) is 25.3 Å². The van der Waals surface area contributed by atoms with Crippen LogP contribution in [0.25, 0.3) is 0 Å². The number of aromatic nitrogens is 1. The predicted molar refractivity (Wildman–Crippen MR) is 69.9 cm³/mol. The third kappa shape index (κ3) is 3.89. The molecule has 0 spiro atoms. The van der Waals surface area contributed by atoms with E-state index in [0.29, 0.717) is 6.54 Å². The maximum Gasteiger partial charge on any atom is 0.268 e. The molecule has 1 amide bonds. The minimum atomic E-state index is -0.0210. The molecule has 4 nitrogen and oxygen atoms in total. The van der Waals surface area contributed by atoms with Crippen LogP contribution in [-0.4, -0.2) is 23.1 Å². The van der Waals surface area contributed by atoms with Gasteiger partial charge in [0.05, 0.1) is 0 Å². The molecule has 0 saturated carbocycles. The van der Waals surface area contributed by atoms with Gasteiger partial charge in [-0.05, 0) is 25.0 Å². The van der Waals surface area contributed by atoms with Crippen molar-refractivity contribution < 1.29 is 4.79 Å². The number of aryl methyl sites for hydroxylation is 1. The fraction of sp³-hybridized carbons (Fsp3) is 0.615. The third-order valence-electron chi connectivity index (χ3n) is 2.78. The zero-order valence-electron chi connectivity index (χ0n) is 10.8. The van der Waals surface area contributed by atoms with Gasteiger partial charge in [-0.25, -0.2) is 0 Å². The number of amides is 1. The van der Waals surface area contributed by atoms with Gasteiger partial charge in [0.2, 0.25) is 0 Å². The summed E-state index contributed by atoms with van der Waals surface area (Å²) in [6.07, 6.45) is 4.91. The van der Waals surface area contributed by atoms with Gasteiger partial charge in [0.15, 0.2) is 0 Å². The molecule has 1 heterocycles. The highest BCUT2D eigenvalue weighted by Crippen LogP contribution is 2.05. The first-order valence-corrected chi connectivity index (χ1v) is 6.39. The van der Waals surface area contributed by atoms with Crippen LogP contribution in [0.1, 0.15) is 43.6 Å². The zero-order chi connectivity index (χ0) is 12.7. The van der Waals surface area contributed by atoms with Gasteiger partial charge >= 0.3 is 0 Å². The molecule has 96 valence electrons. The summed E-state index contributed by atoms with van der Waals surface area (Å²) in [7, 11) is 0. The lowest BCUT2D eigenvalue weighted by Crippen LogP contribution is -2.40. The molecular formula is C13H23N3O. The Kier molecular flexibility index (Phi) is 5.77. The molecule has 4 heteroatoms. The smallest absolute Gasteiger partial charge is 0.268 e. The molecule has 0 aliphatic heterocycles. The Morgan fingerprint density at radius 3 is 2.82 bits per heavy atom. The van der Waals surface area contributed by atoms with Crippen LogP contribution in [0.5, 0.6) is 0 Å². The van der Waals surface area contributed by atoms with Crippen LogP contribution < -0.4 is 11.1 Å². The lowest BCUT2D eigenvalue weighted by atomic mass is 10.1. The summed E-state index contributed by atoms with van der Waals surface area (Å²) in [5.74, 6) is -0.0210. The molecule has 17 heavy (non-hydrogen) atoms. The van der Waals surface area contributed by atoms with Gasteiger partial charge < -0.3 is 15.6 Å². The Morgan fingerprint density at radius 1 is 1.47 bits per heavy atom. The molecule has 1 aromatic heterocycles.